The predicted molar refractivity (Wildman–Crippen MR) is 74.5 cm³/mol. The number of rotatable bonds is 9. The van der Waals surface area contributed by atoms with Crippen LogP contribution in [0.4, 0.5) is 0 Å². The molecular formula is C15H31N. The Bertz CT molecular complexity index is 192. The SMILES string of the molecule is C=C(NCCCCCC(C)(C)CC)C(C)C. The number of allylic oxidation sites excluding steroid dienone is 1. The van der Waals surface area contributed by atoms with Crippen LogP contribution < -0.4 is 5.32 Å². The van der Waals surface area contributed by atoms with Crippen LogP contribution in [0.25, 0.3) is 0 Å². The summed E-state index contributed by atoms with van der Waals surface area (Å²) in [6.07, 6.45) is 6.61. The quantitative estimate of drug-likeness (QED) is 0.559. The first-order valence-electron chi connectivity index (χ1n) is 6.81. The van der Waals surface area contributed by atoms with Crippen molar-refractivity contribution >= 4 is 0 Å². The molecule has 0 aromatic rings. The molecule has 0 radical (unpaired) electrons. The third-order valence-electron chi connectivity index (χ3n) is 3.54. The molecule has 0 saturated heterocycles. The highest BCUT2D eigenvalue weighted by atomic mass is 14.9. The largest absolute Gasteiger partial charge is 0.389 e. The first-order chi connectivity index (χ1) is 7.39. The summed E-state index contributed by atoms with van der Waals surface area (Å²) >= 11 is 0. The number of hydrogen-bond acceptors (Lipinski definition) is 1. The van der Waals surface area contributed by atoms with Gasteiger partial charge in [-0.2, -0.15) is 0 Å². The Morgan fingerprint density at radius 2 is 1.81 bits per heavy atom. The fraction of sp³-hybridized carbons (Fsp3) is 0.867. The molecule has 0 aliphatic heterocycles. The Hall–Kier alpha value is -0.460. The third-order valence-corrected chi connectivity index (χ3v) is 3.54. The molecule has 0 aliphatic carbocycles. The van der Waals surface area contributed by atoms with Crippen molar-refractivity contribution in [3.8, 4) is 0 Å². The molecular weight excluding hydrogens is 194 g/mol. The number of nitrogens with one attached hydrogen (secondary N) is 1. The Labute approximate surface area is 103 Å². The van der Waals surface area contributed by atoms with E-state index in [4.69, 9.17) is 0 Å². The van der Waals surface area contributed by atoms with Gasteiger partial charge in [0.1, 0.15) is 0 Å². The van der Waals surface area contributed by atoms with Crippen LogP contribution in [0.2, 0.25) is 0 Å². The molecule has 16 heavy (non-hydrogen) atoms. The van der Waals surface area contributed by atoms with Crippen molar-refractivity contribution in [3.63, 3.8) is 0 Å². The van der Waals surface area contributed by atoms with Crippen molar-refractivity contribution in [1.29, 1.82) is 0 Å². The molecule has 0 atom stereocenters. The van der Waals surface area contributed by atoms with Gasteiger partial charge in [0.05, 0.1) is 0 Å². The highest BCUT2D eigenvalue weighted by molar-refractivity contribution is 4.93. The van der Waals surface area contributed by atoms with Crippen molar-refractivity contribution in [1.82, 2.24) is 5.32 Å². The standard InChI is InChI=1S/C15H31N/c1-7-15(5,6)11-9-8-10-12-16-14(4)13(2)3/h13,16H,4,7-12H2,1-3,5-6H3. The molecule has 1 nitrogen and oxygen atoms in total. The average molecular weight is 225 g/mol. The Kier molecular flexibility index (Phi) is 7.53. The number of hydrogen-bond donors (Lipinski definition) is 1. The van der Waals surface area contributed by atoms with E-state index in [2.05, 4.69) is 46.5 Å². The summed E-state index contributed by atoms with van der Waals surface area (Å²) in [6.45, 7) is 16.5. The monoisotopic (exact) mass is 225 g/mol. The van der Waals surface area contributed by atoms with Gasteiger partial charge in [-0.1, -0.05) is 60.5 Å². The van der Waals surface area contributed by atoms with Gasteiger partial charge < -0.3 is 5.32 Å². The summed E-state index contributed by atoms with van der Waals surface area (Å²) in [5, 5.41) is 3.40. The lowest BCUT2D eigenvalue weighted by Crippen LogP contribution is -2.17. The van der Waals surface area contributed by atoms with Crippen LogP contribution >= 0.6 is 0 Å². The van der Waals surface area contributed by atoms with Crippen LogP contribution in [0.1, 0.15) is 66.7 Å². The molecule has 96 valence electrons. The fourth-order valence-corrected chi connectivity index (χ4v) is 1.54. The van der Waals surface area contributed by atoms with Crippen molar-refractivity contribution in [3.05, 3.63) is 12.3 Å². The summed E-state index contributed by atoms with van der Waals surface area (Å²) in [6, 6.07) is 0. The Balaban J connectivity index is 3.38. The van der Waals surface area contributed by atoms with E-state index in [0.717, 1.165) is 6.54 Å². The topological polar surface area (TPSA) is 12.0 Å². The molecule has 0 heterocycles. The first-order valence-corrected chi connectivity index (χ1v) is 6.81. The van der Waals surface area contributed by atoms with Gasteiger partial charge in [0.2, 0.25) is 0 Å². The minimum atomic E-state index is 0.537. The van der Waals surface area contributed by atoms with Gasteiger partial charge in [-0.05, 0) is 24.2 Å². The van der Waals surface area contributed by atoms with Gasteiger partial charge in [-0.3, -0.25) is 0 Å². The van der Waals surface area contributed by atoms with E-state index < -0.39 is 0 Å². The molecule has 0 aliphatic rings. The van der Waals surface area contributed by atoms with Gasteiger partial charge >= 0.3 is 0 Å². The average Bonchev–Trinajstić information content (AvgIpc) is 2.22. The van der Waals surface area contributed by atoms with Crippen LogP contribution in [0.3, 0.4) is 0 Å². The van der Waals surface area contributed by atoms with Crippen LogP contribution in [-0.2, 0) is 0 Å². The minimum absolute atomic E-state index is 0.537. The van der Waals surface area contributed by atoms with E-state index in [-0.39, 0.29) is 0 Å². The summed E-state index contributed by atoms with van der Waals surface area (Å²) in [7, 11) is 0. The van der Waals surface area contributed by atoms with Crippen molar-refractivity contribution in [2.45, 2.75) is 66.7 Å². The lowest BCUT2D eigenvalue weighted by molar-refractivity contribution is 0.308. The second kappa shape index (κ2) is 7.76. The normalized spacial score (nSPS) is 11.9. The molecule has 0 aromatic heterocycles. The predicted octanol–water partition coefficient (Wildman–Crippen LogP) is 4.74. The van der Waals surface area contributed by atoms with E-state index in [1.165, 1.54) is 37.8 Å². The molecule has 0 saturated carbocycles. The van der Waals surface area contributed by atoms with Crippen molar-refractivity contribution < 1.29 is 0 Å². The molecule has 1 N–H and O–H groups in total. The molecule has 0 unspecified atom stereocenters. The molecule has 1 heteroatoms. The zero-order valence-electron chi connectivity index (χ0n) is 12.0. The molecule has 0 aromatic carbocycles. The van der Waals surface area contributed by atoms with Gasteiger partial charge in [-0.15, -0.1) is 0 Å². The van der Waals surface area contributed by atoms with E-state index >= 15 is 0 Å². The van der Waals surface area contributed by atoms with E-state index in [9.17, 15) is 0 Å². The Morgan fingerprint density at radius 1 is 1.19 bits per heavy atom. The molecule has 0 spiro atoms. The maximum Gasteiger partial charge on any atom is 0.0143 e. The summed E-state index contributed by atoms with van der Waals surface area (Å²) in [5.41, 5.74) is 1.71. The highest BCUT2D eigenvalue weighted by Gasteiger charge is 2.13. The number of unbranched alkanes of at least 4 members (excludes halogenated alkanes) is 2. The zero-order valence-corrected chi connectivity index (χ0v) is 12.0. The van der Waals surface area contributed by atoms with E-state index in [1.54, 1.807) is 0 Å². The second-order valence-corrected chi connectivity index (χ2v) is 5.94. The smallest absolute Gasteiger partial charge is 0.0143 e. The first kappa shape index (κ1) is 15.5. The van der Waals surface area contributed by atoms with Gasteiger partial charge in [0, 0.05) is 12.2 Å². The lowest BCUT2D eigenvalue weighted by atomic mass is 9.84. The van der Waals surface area contributed by atoms with Gasteiger partial charge in [0.25, 0.3) is 0 Å². The van der Waals surface area contributed by atoms with Crippen LogP contribution in [0.5, 0.6) is 0 Å². The van der Waals surface area contributed by atoms with Gasteiger partial charge in [-0.25, -0.2) is 0 Å². The maximum absolute atomic E-state index is 4.01. The van der Waals surface area contributed by atoms with Gasteiger partial charge in [0.15, 0.2) is 0 Å². The third kappa shape index (κ3) is 7.78. The van der Waals surface area contributed by atoms with Crippen LogP contribution in [0, 0.1) is 11.3 Å². The molecule has 0 fully saturated rings. The lowest BCUT2D eigenvalue weighted by Gasteiger charge is -2.22. The second-order valence-electron chi connectivity index (χ2n) is 5.94. The molecule has 0 rings (SSSR count). The van der Waals surface area contributed by atoms with Crippen LogP contribution in [0.15, 0.2) is 12.3 Å². The van der Waals surface area contributed by atoms with Crippen molar-refractivity contribution in [2.75, 3.05) is 6.54 Å². The van der Waals surface area contributed by atoms with Crippen molar-refractivity contribution in [2.24, 2.45) is 11.3 Å². The summed E-state index contributed by atoms with van der Waals surface area (Å²) in [5.74, 6) is 0.555. The highest BCUT2D eigenvalue weighted by Crippen LogP contribution is 2.26. The zero-order chi connectivity index (χ0) is 12.6. The molecule has 0 amide bonds. The Morgan fingerprint density at radius 3 is 2.31 bits per heavy atom. The fourth-order valence-electron chi connectivity index (χ4n) is 1.54. The van der Waals surface area contributed by atoms with Crippen LogP contribution in [-0.4, -0.2) is 6.54 Å². The maximum atomic E-state index is 4.01. The molecule has 0 bridgehead atoms. The minimum Gasteiger partial charge on any atom is -0.389 e. The van der Waals surface area contributed by atoms with E-state index in [1.807, 2.05) is 0 Å². The summed E-state index contributed by atoms with van der Waals surface area (Å²) < 4.78 is 0. The summed E-state index contributed by atoms with van der Waals surface area (Å²) in [4.78, 5) is 0. The van der Waals surface area contributed by atoms with E-state index in [0.29, 0.717) is 11.3 Å².